The molecule has 0 aliphatic carbocycles. The number of hydrogen-bond acceptors (Lipinski definition) is 2. The summed E-state index contributed by atoms with van der Waals surface area (Å²) >= 11 is 0. The number of hydrogen-bond donors (Lipinski definition) is 0. The first-order valence-corrected chi connectivity index (χ1v) is 11.0. The second-order valence-corrected chi connectivity index (χ2v) is 12.3. The third-order valence-corrected chi connectivity index (χ3v) is 5.49. The molecule has 20 heavy (non-hydrogen) atoms. The van der Waals surface area contributed by atoms with E-state index in [9.17, 15) is 0 Å². The zero-order valence-electron chi connectivity index (χ0n) is 13.3. The normalized spacial score (nSPS) is 15.9. The van der Waals surface area contributed by atoms with Crippen LogP contribution in [0.2, 0.25) is 25.7 Å². The molecule has 0 fully saturated rings. The number of nitrogens with zero attached hydrogens (tertiary/aromatic N) is 1. The van der Waals surface area contributed by atoms with Crippen LogP contribution in [-0.2, 0) is 4.74 Å². The minimum absolute atomic E-state index is 0.656. The van der Waals surface area contributed by atoms with Crippen molar-refractivity contribution in [3.63, 3.8) is 0 Å². The first-order chi connectivity index (χ1) is 9.38. The lowest BCUT2D eigenvalue weighted by Crippen LogP contribution is -2.21. The fraction of sp³-hybridized carbons (Fsp3) is 0.471. The predicted octanol–water partition coefficient (Wildman–Crippen LogP) is 4.43. The van der Waals surface area contributed by atoms with Crippen molar-refractivity contribution in [2.75, 3.05) is 13.2 Å². The van der Waals surface area contributed by atoms with Crippen LogP contribution in [0.15, 0.2) is 23.2 Å². The third-order valence-electron chi connectivity index (χ3n) is 3.79. The number of benzene rings is 1. The number of aliphatic imine (C=N–C) groups is 1. The van der Waals surface area contributed by atoms with Crippen LogP contribution < -0.4 is 0 Å². The Bertz CT molecular complexity index is 553. The molecule has 0 unspecified atom stereocenters. The van der Waals surface area contributed by atoms with Crippen LogP contribution in [-0.4, -0.2) is 27.5 Å². The van der Waals surface area contributed by atoms with E-state index < -0.39 is 8.07 Å². The topological polar surface area (TPSA) is 21.6 Å². The van der Waals surface area contributed by atoms with Crippen LogP contribution >= 0.6 is 0 Å². The Morgan fingerprint density at radius 2 is 1.95 bits per heavy atom. The van der Waals surface area contributed by atoms with Gasteiger partial charge in [-0.2, -0.15) is 0 Å². The van der Waals surface area contributed by atoms with Crippen LogP contribution in [0.3, 0.4) is 0 Å². The molecule has 0 saturated heterocycles. The Hall–Kier alpha value is -1.19. The van der Waals surface area contributed by atoms with Crippen molar-refractivity contribution in [2.24, 2.45) is 4.99 Å². The fourth-order valence-corrected chi connectivity index (χ4v) is 2.95. The number of aryl methyl sites for hydroxylation is 1. The van der Waals surface area contributed by atoms with Gasteiger partial charge in [0.1, 0.15) is 0 Å². The Balaban J connectivity index is 1.96. The van der Waals surface area contributed by atoms with Gasteiger partial charge in [-0.1, -0.05) is 31.8 Å². The third kappa shape index (κ3) is 3.67. The maximum atomic E-state index is 5.73. The molecule has 0 saturated carbocycles. The van der Waals surface area contributed by atoms with Crippen LogP contribution in [0.1, 0.15) is 22.3 Å². The van der Waals surface area contributed by atoms with E-state index in [-0.39, 0.29) is 0 Å². The number of ether oxygens (including phenoxy) is 1. The summed E-state index contributed by atoms with van der Waals surface area (Å²) in [5.74, 6) is 0. The number of rotatable bonds is 5. The second kappa shape index (κ2) is 6.06. The highest BCUT2D eigenvalue weighted by atomic mass is 28.3. The Labute approximate surface area is 123 Å². The van der Waals surface area contributed by atoms with Gasteiger partial charge in [0.2, 0.25) is 0 Å². The van der Waals surface area contributed by atoms with Crippen LogP contribution in [0.25, 0.3) is 5.70 Å². The molecule has 1 aliphatic heterocycles. The van der Waals surface area contributed by atoms with Gasteiger partial charge >= 0.3 is 0 Å². The summed E-state index contributed by atoms with van der Waals surface area (Å²) in [5, 5.41) is 0. The van der Waals surface area contributed by atoms with Gasteiger partial charge in [-0.25, -0.2) is 0 Å². The van der Waals surface area contributed by atoms with E-state index in [1.54, 1.807) is 0 Å². The SMILES string of the molecule is Cc1ccc2c(c1C)C=N/C2=C\COCC[Si](C)(C)C. The van der Waals surface area contributed by atoms with Gasteiger partial charge in [0.25, 0.3) is 0 Å². The van der Waals surface area contributed by atoms with E-state index in [1.165, 1.54) is 28.3 Å². The van der Waals surface area contributed by atoms with Crippen LogP contribution in [0, 0.1) is 13.8 Å². The lowest BCUT2D eigenvalue weighted by molar-refractivity contribution is 0.177. The van der Waals surface area contributed by atoms with Crippen molar-refractivity contribution in [3.8, 4) is 0 Å². The quantitative estimate of drug-likeness (QED) is 0.580. The summed E-state index contributed by atoms with van der Waals surface area (Å²) < 4.78 is 5.73. The van der Waals surface area contributed by atoms with Gasteiger partial charge in [-0.15, -0.1) is 0 Å². The summed E-state index contributed by atoms with van der Waals surface area (Å²) in [4.78, 5) is 4.52. The zero-order chi connectivity index (χ0) is 14.8. The maximum Gasteiger partial charge on any atom is 0.0691 e. The van der Waals surface area contributed by atoms with Gasteiger partial charge in [0.05, 0.1) is 12.3 Å². The standard InChI is InChI=1S/C17H25NOSi/c1-13-6-7-15-16(14(13)2)12-18-17(15)8-9-19-10-11-20(3,4)5/h6-8,12H,9-11H2,1-5H3/b17-8-. The van der Waals surface area contributed by atoms with Crippen LogP contribution in [0.5, 0.6) is 0 Å². The Morgan fingerprint density at radius 1 is 1.20 bits per heavy atom. The summed E-state index contributed by atoms with van der Waals surface area (Å²) in [6.07, 6.45) is 4.08. The molecule has 0 N–H and O–H groups in total. The summed E-state index contributed by atoms with van der Waals surface area (Å²) in [6, 6.07) is 5.55. The lowest BCUT2D eigenvalue weighted by Gasteiger charge is -2.14. The molecule has 0 spiro atoms. The van der Waals surface area contributed by atoms with Crippen molar-refractivity contribution in [1.29, 1.82) is 0 Å². The van der Waals surface area contributed by atoms with E-state index in [2.05, 4.69) is 56.7 Å². The first kappa shape index (κ1) is 15.2. The van der Waals surface area contributed by atoms with Crippen molar-refractivity contribution < 1.29 is 4.74 Å². The molecule has 2 nitrogen and oxygen atoms in total. The molecule has 108 valence electrons. The minimum atomic E-state index is -0.985. The van der Waals surface area contributed by atoms with E-state index in [1.807, 2.05) is 6.21 Å². The molecule has 0 radical (unpaired) electrons. The van der Waals surface area contributed by atoms with E-state index in [4.69, 9.17) is 4.74 Å². The minimum Gasteiger partial charge on any atom is -0.378 e. The predicted molar refractivity (Wildman–Crippen MR) is 90.5 cm³/mol. The summed E-state index contributed by atoms with van der Waals surface area (Å²) in [7, 11) is -0.985. The molecule has 0 amide bonds. The summed E-state index contributed by atoms with van der Waals surface area (Å²) in [5.41, 5.74) is 6.20. The molecule has 1 heterocycles. The molecule has 3 heteroatoms. The summed E-state index contributed by atoms with van der Waals surface area (Å²) in [6.45, 7) is 12.9. The largest absolute Gasteiger partial charge is 0.378 e. The van der Waals surface area contributed by atoms with Gasteiger partial charge in [0, 0.05) is 32.0 Å². The molecular weight excluding hydrogens is 262 g/mol. The smallest absolute Gasteiger partial charge is 0.0691 e. The molecule has 1 aromatic carbocycles. The first-order valence-electron chi connectivity index (χ1n) is 7.31. The van der Waals surface area contributed by atoms with Crippen molar-refractivity contribution in [1.82, 2.24) is 0 Å². The molecule has 2 rings (SSSR count). The van der Waals surface area contributed by atoms with Crippen molar-refractivity contribution in [2.45, 2.75) is 39.5 Å². The number of fused-ring (bicyclic) bond motifs is 1. The van der Waals surface area contributed by atoms with Crippen molar-refractivity contribution >= 4 is 20.0 Å². The Morgan fingerprint density at radius 3 is 2.65 bits per heavy atom. The van der Waals surface area contributed by atoms with Crippen molar-refractivity contribution in [3.05, 3.63) is 40.5 Å². The molecule has 0 atom stereocenters. The highest BCUT2D eigenvalue weighted by molar-refractivity contribution is 6.76. The Kier molecular flexibility index (Phi) is 4.61. The van der Waals surface area contributed by atoms with Gasteiger partial charge in [-0.05, 0) is 37.1 Å². The molecule has 0 aromatic heterocycles. The van der Waals surface area contributed by atoms with Gasteiger partial charge < -0.3 is 4.74 Å². The van der Waals surface area contributed by atoms with E-state index >= 15 is 0 Å². The average molecular weight is 287 g/mol. The molecule has 1 aliphatic rings. The molecule has 0 bridgehead atoms. The van der Waals surface area contributed by atoms with Crippen LogP contribution in [0.4, 0.5) is 0 Å². The van der Waals surface area contributed by atoms with E-state index in [0.717, 1.165) is 12.3 Å². The second-order valence-electron chi connectivity index (χ2n) is 6.70. The molecular formula is C17H25NOSi. The van der Waals surface area contributed by atoms with Gasteiger partial charge in [-0.3, -0.25) is 4.99 Å². The lowest BCUT2D eigenvalue weighted by atomic mass is 9.98. The zero-order valence-corrected chi connectivity index (χ0v) is 14.3. The average Bonchev–Trinajstić information content (AvgIpc) is 2.76. The molecule has 1 aromatic rings. The monoisotopic (exact) mass is 287 g/mol. The fourth-order valence-electron chi connectivity index (χ4n) is 2.19. The maximum absolute atomic E-state index is 5.73. The highest BCUT2D eigenvalue weighted by Crippen LogP contribution is 2.29. The van der Waals surface area contributed by atoms with E-state index in [0.29, 0.717) is 6.61 Å². The van der Waals surface area contributed by atoms with Gasteiger partial charge in [0.15, 0.2) is 0 Å². The highest BCUT2D eigenvalue weighted by Gasteiger charge is 2.15.